The number of piperidine rings is 1. The number of hydrogen-bond donors (Lipinski definition) is 1. The fraction of sp³-hybridized carbons (Fsp3) is 0.348. The van der Waals surface area contributed by atoms with Crippen molar-refractivity contribution in [2.75, 3.05) is 13.1 Å². The summed E-state index contributed by atoms with van der Waals surface area (Å²) in [5.41, 5.74) is -0.314. The predicted octanol–water partition coefficient (Wildman–Crippen LogP) is 3.65. The van der Waals surface area contributed by atoms with Gasteiger partial charge in [-0.3, -0.25) is 14.5 Å². The topological polar surface area (TPSA) is 69.7 Å². The van der Waals surface area contributed by atoms with E-state index >= 15 is 0 Å². The second-order valence-corrected chi connectivity index (χ2v) is 9.08. The molecule has 1 N–H and O–H groups in total. The van der Waals surface area contributed by atoms with Gasteiger partial charge in [0.15, 0.2) is 0 Å². The summed E-state index contributed by atoms with van der Waals surface area (Å²) in [5.74, 6) is -0.745. The number of likely N-dealkylation sites (tertiary alicyclic amines) is 1. The zero-order valence-corrected chi connectivity index (χ0v) is 18.0. The molecule has 0 aliphatic carbocycles. The van der Waals surface area contributed by atoms with Crippen molar-refractivity contribution in [1.29, 1.82) is 0 Å². The molecule has 8 heteroatoms. The highest BCUT2D eigenvalue weighted by Crippen LogP contribution is 2.34. The molecule has 0 radical (unpaired) electrons. The molecule has 6 nitrogen and oxygen atoms in total. The lowest BCUT2D eigenvalue weighted by Crippen LogP contribution is -2.54. The third-order valence-electron chi connectivity index (χ3n) is 6.11. The van der Waals surface area contributed by atoms with E-state index in [1.54, 1.807) is 41.4 Å². The minimum absolute atomic E-state index is 0.0447. The zero-order chi connectivity index (χ0) is 22.0. The standard InChI is InChI=1S/C23H24FN3O3S/c1-23(21(29)27(22(30)25-23)15-16-4-6-18(24)7-5-16)17-10-12-26(13-11-17)20(28)9-8-19-3-2-14-31-19/h2-9,14,17H,10-13,15H2,1H3,(H,25,30)/b9-8+/t23-/m0/s1. The Hall–Kier alpha value is -3.00. The third-order valence-corrected chi connectivity index (χ3v) is 6.95. The maximum atomic E-state index is 13.1. The van der Waals surface area contributed by atoms with E-state index in [4.69, 9.17) is 0 Å². The molecule has 2 fully saturated rings. The van der Waals surface area contributed by atoms with Crippen LogP contribution in [0.15, 0.2) is 47.9 Å². The normalized spacial score (nSPS) is 22.4. The van der Waals surface area contributed by atoms with Crippen molar-refractivity contribution >= 4 is 35.3 Å². The van der Waals surface area contributed by atoms with Crippen LogP contribution in [0.5, 0.6) is 0 Å². The van der Waals surface area contributed by atoms with Crippen molar-refractivity contribution in [2.45, 2.75) is 31.8 Å². The lowest BCUT2D eigenvalue weighted by Gasteiger charge is -2.38. The fourth-order valence-electron chi connectivity index (χ4n) is 4.23. The number of amides is 4. The highest BCUT2D eigenvalue weighted by Gasteiger charge is 2.52. The molecule has 1 atom stereocenters. The summed E-state index contributed by atoms with van der Waals surface area (Å²) in [4.78, 5) is 42.1. The Morgan fingerprint density at radius 1 is 1.23 bits per heavy atom. The molecule has 3 heterocycles. The van der Waals surface area contributed by atoms with E-state index in [1.165, 1.54) is 17.0 Å². The monoisotopic (exact) mass is 441 g/mol. The molecule has 2 aliphatic heterocycles. The van der Waals surface area contributed by atoms with Gasteiger partial charge in [0.2, 0.25) is 5.91 Å². The minimum Gasteiger partial charge on any atom is -0.339 e. The van der Waals surface area contributed by atoms with E-state index in [2.05, 4.69) is 5.32 Å². The Kier molecular flexibility index (Phi) is 5.91. The average molecular weight is 442 g/mol. The first-order chi connectivity index (χ1) is 14.9. The molecular weight excluding hydrogens is 417 g/mol. The van der Waals surface area contributed by atoms with Crippen LogP contribution in [0.4, 0.5) is 9.18 Å². The number of carbonyl (C=O) groups is 3. The van der Waals surface area contributed by atoms with Gasteiger partial charge in [0, 0.05) is 24.0 Å². The summed E-state index contributed by atoms with van der Waals surface area (Å²) in [7, 11) is 0. The molecule has 2 aliphatic rings. The van der Waals surface area contributed by atoms with Crippen molar-refractivity contribution < 1.29 is 18.8 Å². The van der Waals surface area contributed by atoms with Crippen LogP contribution in [-0.2, 0) is 16.1 Å². The molecule has 4 rings (SSSR count). The van der Waals surface area contributed by atoms with Gasteiger partial charge in [-0.2, -0.15) is 0 Å². The van der Waals surface area contributed by atoms with E-state index in [-0.39, 0.29) is 30.1 Å². The molecular formula is C23H24FN3O3S. The summed E-state index contributed by atoms with van der Waals surface area (Å²) < 4.78 is 13.1. The van der Waals surface area contributed by atoms with Gasteiger partial charge in [-0.1, -0.05) is 18.2 Å². The lowest BCUT2D eigenvalue weighted by atomic mass is 9.79. The Morgan fingerprint density at radius 3 is 2.58 bits per heavy atom. The lowest BCUT2D eigenvalue weighted by molar-refractivity contribution is -0.134. The van der Waals surface area contributed by atoms with Gasteiger partial charge in [-0.25, -0.2) is 9.18 Å². The number of thiophene rings is 1. The Labute approximate surface area is 184 Å². The number of urea groups is 1. The quantitative estimate of drug-likeness (QED) is 0.569. The van der Waals surface area contributed by atoms with Crippen LogP contribution >= 0.6 is 11.3 Å². The van der Waals surface area contributed by atoms with E-state index in [0.717, 1.165) is 4.88 Å². The first-order valence-corrected chi connectivity index (χ1v) is 11.1. The molecule has 31 heavy (non-hydrogen) atoms. The Bertz CT molecular complexity index is 998. The van der Waals surface area contributed by atoms with Crippen LogP contribution in [0.25, 0.3) is 6.08 Å². The highest BCUT2D eigenvalue weighted by molar-refractivity contribution is 7.10. The highest BCUT2D eigenvalue weighted by atomic mass is 32.1. The van der Waals surface area contributed by atoms with Gasteiger partial charge in [-0.05, 0) is 60.9 Å². The number of nitrogens with zero attached hydrogens (tertiary/aromatic N) is 2. The van der Waals surface area contributed by atoms with Gasteiger partial charge in [-0.15, -0.1) is 11.3 Å². The van der Waals surface area contributed by atoms with E-state index < -0.39 is 11.6 Å². The summed E-state index contributed by atoms with van der Waals surface area (Å²) in [5, 5.41) is 4.83. The van der Waals surface area contributed by atoms with Crippen LogP contribution in [0, 0.1) is 11.7 Å². The largest absolute Gasteiger partial charge is 0.339 e. The minimum atomic E-state index is -1.00. The molecule has 162 valence electrons. The number of nitrogens with one attached hydrogen (secondary N) is 1. The molecule has 0 saturated carbocycles. The summed E-state index contributed by atoms with van der Waals surface area (Å²) in [6, 6.07) is 9.22. The molecule has 2 aromatic rings. The van der Waals surface area contributed by atoms with Gasteiger partial charge in [0.25, 0.3) is 5.91 Å². The van der Waals surface area contributed by atoms with Gasteiger partial charge in [0.1, 0.15) is 11.4 Å². The average Bonchev–Trinajstić information content (AvgIpc) is 3.37. The van der Waals surface area contributed by atoms with Gasteiger partial charge in [0.05, 0.1) is 6.54 Å². The van der Waals surface area contributed by atoms with Crippen LogP contribution < -0.4 is 5.32 Å². The maximum absolute atomic E-state index is 13.1. The SMILES string of the molecule is C[C@@]1(C2CCN(C(=O)/C=C/c3cccs3)CC2)NC(=O)N(Cc2ccc(F)cc2)C1=O. The van der Waals surface area contributed by atoms with Crippen molar-refractivity contribution in [2.24, 2.45) is 5.92 Å². The van der Waals surface area contributed by atoms with Crippen LogP contribution in [-0.4, -0.2) is 46.3 Å². The van der Waals surface area contributed by atoms with Gasteiger partial charge >= 0.3 is 6.03 Å². The molecule has 2 saturated heterocycles. The maximum Gasteiger partial charge on any atom is 0.325 e. The third kappa shape index (κ3) is 4.39. The smallest absolute Gasteiger partial charge is 0.325 e. The number of rotatable bonds is 5. The summed E-state index contributed by atoms with van der Waals surface area (Å²) in [6.45, 7) is 2.94. The number of carbonyl (C=O) groups excluding carboxylic acids is 3. The number of halogens is 1. The first kappa shape index (κ1) is 21.2. The molecule has 1 aromatic carbocycles. The zero-order valence-electron chi connectivity index (χ0n) is 17.2. The van der Waals surface area contributed by atoms with E-state index in [0.29, 0.717) is 31.5 Å². The second-order valence-electron chi connectivity index (χ2n) is 8.10. The van der Waals surface area contributed by atoms with E-state index in [1.807, 2.05) is 23.6 Å². The van der Waals surface area contributed by atoms with Crippen LogP contribution in [0.2, 0.25) is 0 Å². The van der Waals surface area contributed by atoms with Gasteiger partial charge < -0.3 is 10.2 Å². The summed E-state index contributed by atoms with van der Waals surface area (Å²) >= 11 is 1.57. The van der Waals surface area contributed by atoms with Crippen molar-refractivity contribution in [3.05, 3.63) is 64.1 Å². The van der Waals surface area contributed by atoms with Crippen molar-refractivity contribution in [1.82, 2.24) is 15.1 Å². The fourth-order valence-corrected chi connectivity index (χ4v) is 4.85. The molecule has 0 bridgehead atoms. The molecule has 0 spiro atoms. The summed E-state index contributed by atoms with van der Waals surface area (Å²) in [6.07, 6.45) is 4.66. The second kappa shape index (κ2) is 8.63. The Morgan fingerprint density at radius 2 is 1.94 bits per heavy atom. The predicted molar refractivity (Wildman–Crippen MR) is 117 cm³/mol. The van der Waals surface area contributed by atoms with Crippen molar-refractivity contribution in [3.8, 4) is 0 Å². The molecule has 4 amide bonds. The first-order valence-electron chi connectivity index (χ1n) is 10.3. The van der Waals surface area contributed by atoms with E-state index in [9.17, 15) is 18.8 Å². The molecule has 0 unspecified atom stereocenters. The number of imide groups is 1. The molecule has 1 aromatic heterocycles. The number of hydrogen-bond acceptors (Lipinski definition) is 4. The number of benzene rings is 1. The Balaban J connectivity index is 1.37. The van der Waals surface area contributed by atoms with Crippen LogP contribution in [0.1, 0.15) is 30.2 Å². The van der Waals surface area contributed by atoms with Crippen LogP contribution in [0.3, 0.4) is 0 Å². The van der Waals surface area contributed by atoms with Crippen molar-refractivity contribution in [3.63, 3.8) is 0 Å².